The Morgan fingerprint density at radius 3 is 2.10 bits per heavy atom. The standard InChI is InChI=1S/C37H44NOP/c1-7-27(4)31-23-17-25-33(35(31)39-26-29-19-12-10-13-20-29)37(8-2,9-3)40-36-28(5)18-16-24-32(36)34(38-6)30-21-14-11-15-22-30/h10-25,27,40H,7-9,26H2,1-6H3/b38-34+. The van der Waals surface area contributed by atoms with E-state index in [1.54, 1.807) is 0 Å². The molecule has 4 aromatic carbocycles. The van der Waals surface area contributed by atoms with Gasteiger partial charge >= 0.3 is 0 Å². The molecule has 0 saturated carbocycles. The molecule has 40 heavy (non-hydrogen) atoms. The summed E-state index contributed by atoms with van der Waals surface area (Å²) in [6.45, 7) is 12.1. The van der Waals surface area contributed by atoms with E-state index < -0.39 is 0 Å². The lowest BCUT2D eigenvalue weighted by molar-refractivity contribution is 0.293. The Morgan fingerprint density at radius 2 is 1.48 bits per heavy atom. The molecule has 0 N–H and O–H groups in total. The van der Waals surface area contributed by atoms with Gasteiger partial charge in [-0.25, -0.2) is 0 Å². The zero-order chi connectivity index (χ0) is 28.5. The van der Waals surface area contributed by atoms with Crippen molar-refractivity contribution in [2.45, 2.75) is 71.6 Å². The topological polar surface area (TPSA) is 21.6 Å². The smallest absolute Gasteiger partial charge is 0.127 e. The molecule has 0 aliphatic rings. The fourth-order valence-corrected chi connectivity index (χ4v) is 7.36. The van der Waals surface area contributed by atoms with Gasteiger partial charge in [0.25, 0.3) is 0 Å². The molecule has 2 atom stereocenters. The van der Waals surface area contributed by atoms with Gasteiger partial charge in [0.1, 0.15) is 12.4 Å². The van der Waals surface area contributed by atoms with Gasteiger partial charge in [0.15, 0.2) is 0 Å². The number of para-hydroxylation sites is 1. The SMILES string of the molecule is CCC(C)c1cccc(C(CC)(CC)Pc2c(C)cccc2/C(=N/C)c2ccccc2)c1OCc1ccccc1. The summed E-state index contributed by atoms with van der Waals surface area (Å²) in [4.78, 5) is 4.81. The quantitative estimate of drug-likeness (QED) is 0.127. The molecule has 4 rings (SSSR count). The maximum Gasteiger partial charge on any atom is 0.127 e. The van der Waals surface area contributed by atoms with E-state index in [0.717, 1.165) is 36.3 Å². The number of nitrogens with zero attached hydrogens (tertiary/aromatic N) is 1. The van der Waals surface area contributed by atoms with Crippen LogP contribution in [0.2, 0.25) is 0 Å². The minimum absolute atomic E-state index is 0.0497. The van der Waals surface area contributed by atoms with Gasteiger partial charge in [-0.2, -0.15) is 0 Å². The molecule has 3 heteroatoms. The molecular formula is C37H44NOP. The third kappa shape index (κ3) is 6.39. The summed E-state index contributed by atoms with van der Waals surface area (Å²) in [6, 6.07) is 34.6. The molecule has 0 aromatic heterocycles. The predicted molar refractivity (Wildman–Crippen MR) is 175 cm³/mol. The molecule has 0 aliphatic carbocycles. The first-order chi connectivity index (χ1) is 19.5. The molecule has 0 radical (unpaired) electrons. The Labute approximate surface area is 243 Å². The van der Waals surface area contributed by atoms with Crippen LogP contribution < -0.4 is 10.0 Å². The monoisotopic (exact) mass is 549 g/mol. The van der Waals surface area contributed by atoms with E-state index in [0.29, 0.717) is 21.1 Å². The third-order valence-corrected chi connectivity index (χ3v) is 10.7. The van der Waals surface area contributed by atoms with Gasteiger partial charge in [0.2, 0.25) is 0 Å². The number of aryl methyl sites for hydroxylation is 1. The second-order valence-electron chi connectivity index (χ2n) is 10.7. The number of rotatable bonds is 12. The van der Waals surface area contributed by atoms with Crippen LogP contribution in [0.1, 0.15) is 86.3 Å². The van der Waals surface area contributed by atoms with Crippen LogP contribution in [0, 0.1) is 6.92 Å². The van der Waals surface area contributed by atoms with E-state index in [-0.39, 0.29) is 5.16 Å². The molecule has 4 aromatic rings. The van der Waals surface area contributed by atoms with Crippen molar-refractivity contribution in [1.82, 2.24) is 0 Å². The number of hydrogen-bond donors (Lipinski definition) is 0. The van der Waals surface area contributed by atoms with E-state index in [4.69, 9.17) is 9.73 Å². The van der Waals surface area contributed by atoms with E-state index in [9.17, 15) is 0 Å². The van der Waals surface area contributed by atoms with Gasteiger partial charge in [-0.3, -0.25) is 4.99 Å². The first-order valence-corrected chi connectivity index (χ1v) is 15.7. The molecule has 0 aliphatic heterocycles. The molecule has 0 saturated heterocycles. The minimum atomic E-state index is -0.0497. The van der Waals surface area contributed by atoms with Crippen LogP contribution in [0.15, 0.2) is 102 Å². The maximum absolute atomic E-state index is 6.80. The Hall–Kier alpha value is -3.22. The molecule has 2 unspecified atom stereocenters. The lowest BCUT2D eigenvalue weighted by Gasteiger charge is -2.36. The van der Waals surface area contributed by atoms with Gasteiger partial charge in [0.05, 0.1) is 5.71 Å². The Morgan fingerprint density at radius 1 is 0.825 bits per heavy atom. The van der Waals surface area contributed by atoms with Crippen molar-refractivity contribution < 1.29 is 4.74 Å². The van der Waals surface area contributed by atoms with Crippen LogP contribution in [0.4, 0.5) is 0 Å². The molecule has 0 amide bonds. The summed E-state index contributed by atoms with van der Waals surface area (Å²) >= 11 is 0. The number of benzene rings is 4. The minimum Gasteiger partial charge on any atom is -0.488 e. The molecule has 0 spiro atoms. The van der Waals surface area contributed by atoms with Crippen LogP contribution in [0.25, 0.3) is 0 Å². The van der Waals surface area contributed by atoms with Crippen LogP contribution in [0.5, 0.6) is 5.75 Å². The summed E-state index contributed by atoms with van der Waals surface area (Å²) in [5.74, 6) is 1.51. The van der Waals surface area contributed by atoms with Crippen molar-refractivity contribution >= 4 is 19.6 Å². The zero-order valence-corrected chi connectivity index (χ0v) is 26.0. The average molecular weight is 550 g/mol. The highest BCUT2D eigenvalue weighted by atomic mass is 31.1. The van der Waals surface area contributed by atoms with E-state index in [1.807, 2.05) is 7.05 Å². The normalized spacial score (nSPS) is 13.1. The Kier molecular flexibility index (Phi) is 10.3. The van der Waals surface area contributed by atoms with Crippen LogP contribution >= 0.6 is 8.58 Å². The van der Waals surface area contributed by atoms with Crippen LogP contribution in [0.3, 0.4) is 0 Å². The van der Waals surface area contributed by atoms with E-state index in [1.165, 1.54) is 33.1 Å². The van der Waals surface area contributed by atoms with Crippen molar-refractivity contribution in [1.29, 1.82) is 0 Å². The van der Waals surface area contributed by atoms with E-state index >= 15 is 0 Å². The lowest BCUT2D eigenvalue weighted by Crippen LogP contribution is -2.27. The lowest BCUT2D eigenvalue weighted by atomic mass is 9.87. The van der Waals surface area contributed by atoms with Gasteiger partial charge in [-0.1, -0.05) is 133 Å². The second kappa shape index (κ2) is 13.9. The molecule has 0 bridgehead atoms. The van der Waals surface area contributed by atoms with Crippen molar-refractivity contribution in [3.05, 3.63) is 130 Å². The largest absolute Gasteiger partial charge is 0.488 e. The zero-order valence-electron chi connectivity index (χ0n) is 25.0. The maximum atomic E-state index is 6.80. The number of aliphatic imine (C=N–C) groups is 1. The summed E-state index contributed by atoms with van der Waals surface area (Å²) in [5.41, 5.74) is 8.63. The second-order valence-corrected chi connectivity index (χ2v) is 12.4. The fourth-order valence-electron chi connectivity index (χ4n) is 5.58. The summed E-state index contributed by atoms with van der Waals surface area (Å²) < 4.78 is 6.80. The summed E-state index contributed by atoms with van der Waals surface area (Å²) in [7, 11) is 2.49. The molecule has 0 fully saturated rings. The first kappa shape index (κ1) is 29.8. The van der Waals surface area contributed by atoms with Crippen molar-refractivity contribution in [3.63, 3.8) is 0 Å². The van der Waals surface area contributed by atoms with Gasteiger partial charge in [-0.15, -0.1) is 0 Å². The highest BCUT2D eigenvalue weighted by Gasteiger charge is 2.35. The average Bonchev–Trinajstić information content (AvgIpc) is 3.01. The van der Waals surface area contributed by atoms with Gasteiger partial charge < -0.3 is 4.74 Å². The van der Waals surface area contributed by atoms with Crippen LogP contribution in [-0.2, 0) is 11.8 Å². The highest BCUT2D eigenvalue weighted by molar-refractivity contribution is 7.49. The Bertz CT molecular complexity index is 1410. The molecule has 2 nitrogen and oxygen atoms in total. The first-order valence-electron chi connectivity index (χ1n) is 14.7. The van der Waals surface area contributed by atoms with Crippen molar-refractivity contribution in [2.24, 2.45) is 4.99 Å². The number of ether oxygens (including phenoxy) is 1. The third-order valence-electron chi connectivity index (χ3n) is 8.30. The Balaban J connectivity index is 1.85. The molecule has 208 valence electrons. The molecule has 0 heterocycles. The van der Waals surface area contributed by atoms with Crippen LogP contribution in [-0.4, -0.2) is 12.8 Å². The predicted octanol–water partition coefficient (Wildman–Crippen LogP) is 9.57. The molecular weight excluding hydrogens is 505 g/mol. The summed E-state index contributed by atoms with van der Waals surface area (Å²) in [5, 5.41) is 1.35. The van der Waals surface area contributed by atoms with Crippen molar-refractivity contribution in [3.8, 4) is 5.75 Å². The summed E-state index contributed by atoms with van der Waals surface area (Å²) in [6.07, 6.45) is 3.14. The number of hydrogen-bond acceptors (Lipinski definition) is 2. The van der Waals surface area contributed by atoms with Crippen molar-refractivity contribution in [2.75, 3.05) is 7.05 Å². The van der Waals surface area contributed by atoms with E-state index in [2.05, 4.69) is 132 Å². The van der Waals surface area contributed by atoms with Gasteiger partial charge in [0, 0.05) is 28.9 Å². The fraction of sp³-hybridized carbons (Fsp3) is 0.324. The van der Waals surface area contributed by atoms with Gasteiger partial charge in [-0.05, 0) is 54.1 Å². The highest BCUT2D eigenvalue weighted by Crippen LogP contribution is 2.52.